The molecule has 0 aliphatic rings. The maximum atomic E-state index is 12.1. The number of nitrogens with one attached hydrogen (secondary N) is 1. The summed E-state index contributed by atoms with van der Waals surface area (Å²) >= 11 is 0. The lowest BCUT2D eigenvalue weighted by atomic mass is 10.3. The minimum absolute atomic E-state index is 0.462. The summed E-state index contributed by atoms with van der Waals surface area (Å²) in [6.07, 6.45) is 0. The summed E-state index contributed by atoms with van der Waals surface area (Å²) in [5.74, 6) is -1.08. The van der Waals surface area contributed by atoms with E-state index in [9.17, 15) is 9.59 Å². The Kier molecular flexibility index (Phi) is 6.02. The minimum Gasteiger partial charge on any atom is -0.347 e. The summed E-state index contributed by atoms with van der Waals surface area (Å²) in [6.45, 7) is 3.47. The number of rotatable bonds is 5. The molecular formula is C14H21N3O2. The van der Waals surface area contributed by atoms with Crippen LogP contribution in [0.2, 0.25) is 0 Å². The molecule has 1 rings (SSSR count). The van der Waals surface area contributed by atoms with Gasteiger partial charge < -0.3 is 15.1 Å². The first-order valence-electron chi connectivity index (χ1n) is 6.35. The molecular weight excluding hydrogens is 242 g/mol. The monoisotopic (exact) mass is 263 g/mol. The fraction of sp³-hybridized carbons (Fsp3) is 0.429. The second kappa shape index (κ2) is 7.53. The van der Waals surface area contributed by atoms with E-state index in [4.69, 9.17) is 0 Å². The van der Waals surface area contributed by atoms with E-state index in [1.165, 1.54) is 4.90 Å². The van der Waals surface area contributed by atoms with Crippen molar-refractivity contribution in [1.82, 2.24) is 10.2 Å². The van der Waals surface area contributed by atoms with Crippen LogP contribution in [0.4, 0.5) is 5.69 Å². The average Bonchev–Trinajstić information content (AvgIpc) is 2.40. The highest BCUT2D eigenvalue weighted by molar-refractivity contribution is 6.40. The molecule has 1 aromatic carbocycles. The standard InChI is InChI=1S/C14H21N3O2/c1-4-17(12-8-6-5-7-9-12)14(19)13(18)15-10-11-16(2)3/h5-9H,4,10-11H2,1-3H3,(H,15,18). The predicted octanol–water partition coefficient (Wildman–Crippen LogP) is 0.717. The highest BCUT2D eigenvalue weighted by Gasteiger charge is 2.21. The third-order valence-corrected chi connectivity index (χ3v) is 2.67. The van der Waals surface area contributed by atoms with Crippen LogP contribution in [0.15, 0.2) is 30.3 Å². The van der Waals surface area contributed by atoms with Crippen molar-refractivity contribution in [2.24, 2.45) is 0 Å². The van der Waals surface area contributed by atoms with Crippen LogP contribution in [0.5, 0.6) is 0 Å². The summed E-state index contributed by atoms with van der Waals surface area (Å²) in [6, 6.07) is 9.19. The molecule has 0 aliphatic carbocycles. The van der Waals surface area contributed by atoms with Gasteiger partial charge in [-0.1, -0.05) is 18.2 Å². The predicted molar refractivity (Wildman–Crippen MR) is 76.0 cm³/mol. The lowest BCUT2D eigenvalue weighted by molar-refractivity contribution is -0.137. The molecule has 0 atom stereocenters. The number of carbonyl (C=O) groups excluding carboxylic acids is 2. The Balaban J connectivity index is 2.61. The summed E-state index contributed by atoms with van der Waals surface area (Å²) in [5.41, 5.74) is 0.734. The van der Waals surface area contributed by atoms with Crippen LogP contribution in [0.1, 0.15) is 6.92 Å². The van der Waals surface area contributed by atoms with Gasteiger partial charge in [-0.2, -0.15) is 0 Å². The van der Waals surface area contributed by atoms with Gasteiger partial charge in [0.2, 0.25) is 0 Å². The zero-order valence-electron chi connectivity index (χ0n) is 11.7. The highest BCUT2D eigenvalue weighted by atomic mass is 16.2. The van der Waals surface area contributed by atoms with Crippen LogP contribution in [-0.4, -0.2) is 50.4 Å². The van der Waals surface area contributed by atoms with Gasteiger partial charge in [0.25, 0.3) is 0 Å². The smallest absolute Gasteiger partial charge is 0.316 e. The minimum atomic E-state index is -0.562. The maximum Gasteiger partial charge on any atom is 0.316 e. The van der Waals surface area contributed by atoms with E-state index in [1.807, 2.05) is 56.3 Å². The lowest BCUT2D eigenvalue weighted by Crippen LogP contribution is -2.44. The molecule has 19 heavy (non-hydrogen) atoms. The number of likely N-dealkylation sites (N-methyl/N-ethyl adjacent to an activating group) is 2. The molecule has 0 saturated heterocycles. The molecule has 5 heteroatoms. The molecule has 0 bridgehead atoms. The molecule has 0 heterocycles. The molecule has 2 amide bonds. The summed E-state index contributed by atoms with van der Waals surface area (Å²) in [4.78, 5) is 27.2. The molecule has 0 aliphatic heterocycles. The third kappa shape index (κ3) is 4.71. The number of amides is 2. The Morgan fingerprint density at radius 2 is 1.79 bits per heavy atom. The molecule has 0 fully saturated rings. The molecule has 0 aromatic heterocycles. The molecule has 5 nitrogen and oxygen atoms in total. The first-order valence-corrected chi connectivity index (χ1v) is 6.35. The quantitative estimate of drug-likeness (QED) is 0.796. The van der Waals surface area contributed by atoms with Gasteiger partial charge in [-0.3, -0.25) is 9.59 Å². The van der Waals surface area contributed by atoms with Crippen molar-refractivity contribution in [3.63, 3.8) is 0 Å². The van der Waals surface area contributed by atoms with Crippen molar-refractivity contribution in [1.29, 1.82) is 0 Å². The van der Waals surface area contributed by atoms with Crippen LogP contribution in [-0.2, 0) is 9.59 Å². The van der Waals surface area contributed by atoms with Gasteiger partial charge in [0.1, 0.15) is 0 Å². The van der Waals surface area contributed by atoms with Gasteiger partial charge in [0.15, 0.2) is 0 Å². The molecule has 0 saturated carbocycles. The third-order valence-electron chi connectivity index (χ3n) is 2.67. The number of benzene rings is 1. The van der Waals surface area contributed by atoms with Gasteiger partial charge >= 0.3 is 11.8 Å². The van der Waals surface area contributed by atoms with Gasteiger partial charge in [0, 0.05) is 25.3 Å². The van der Waals surface area contributed by atoms with Crippen molar-refractivity contribution in [3.8, 4) is 0 Å². The second-order valence-corrected chi connectivity index (χ2v) is 4.44. The summed E-state index contributed by atoms with van der Waals surface area (Å²) in [5, 5.41) is 2.63. The lowest BCUT2D eigenvalue weighted by Gasteiger charge is -2.20. The highest BCUT2D eigenvalue weighted by Crippen LogP contribution is 2.12. The van der Waals surface area contributed by atoms with Crippen LogP contribution in [0.25, 0.3) is 0 Å². The van der Waals surface area contributed by atoms with Crippen LogP contribution >= 0.6 is 0 Å². The topological polar surface area (TPSA) is 52.7 Å². The Bertz CT molecular complexity index is 418. The summed E-state index contributed by atoms with van der Waals surface area (Å²) < 4.78 is 0. The average molecular weight is 263 g/mol. The van der Waals surface area contributed by atoms with E-state index in [1.54, 1.807) is 0 Å². The van der Waals surface area contributed by atoms with Gasteiger partial charge in [0.05, 0.1) is 0 Å². The second-order valence-electron chi connectivity index (χ2n) is 4.44. The molecule has 104 valence electrons. The van der Waals surface area contributed by atoms with Gasteiger partial charge in [-0.25, -0.2) is 0 Å². The summed E-state index contributed by atoms with van der Waals surface area (Å²) in [7, 11) is 3.83. The first-order chi connectivity index (χ1) is 9.06. The van der Waals surface area contributed by atoms with E-state index in [2.05, 4.69) is 5.32 Å². The van der Waals surface area contributed by atoms with Gasteiger partial charge in [-0.15, -0.1) is 0 Å². The maximum absolute atomic E-state index is 12.1. The van der Waals surface area contributed by atoms with Crippen molar-refractivity contribution >= 4 is 17.5 Å². The number of nitrogens with zero attached hydrogens (tertiary/aromatic N) is 2. The normalized spacial score (nSPS) is 10.3. The Hall–Kier alpha value is -1.88. The van der Waals surface area contributed by atoms with E-state index >= 15 is 0 Å². The Morgan fingerprint density at radius 3 is 2.32 bits per heavy atom. The zero-order chi connectivity index (χ0) is 14.3. The van der Waals surface area contributed by atoms with Crippen molar-refractivity contribution in [2.75, 3.05) is 38.6 Å². The SMILES string of the molecule is CCN(C(=O)C(=O)NCCN(C)C)c1ccccc1. The largest absolute Gasteiger partial charge is 0.347 e. The molecule has 0 radical (unpaired) electrons. The Labute approximate surface area is 114 Å². The number of carbonyl (C=O) groups is 2. The van der Waals surface area contributed by atoms with Crippen LogP contribution in [0.3, 0.4) is 0 Å². The molecule has 1 aromatic rings. The number of hydrogen-bond donors (Lipinski definition) is 1. The van der Waals surface area contributed by atoms with E-state index in [0.29, 0.717) is 19.6 Å². The van der Waals surface area contributed by atoms with Crippen LogP contribution < -0.4 is 10.2 Å². The first kappa shape index (κ1) is 15.2. The van der Waals surface area contributed by atoms with Crippen molar-refractivity contribution in [3.05, 3.63) is 30.3 Å². The number of para-hydroxylation sites is 1. The fourth-order valence-corrected chi connectivity index (χ4v) is 1.64. The molecule has 1 N–H and O–H groups in total. The van der Waals surface area contributed by atoms with Crippen molar-refractivity contribution in [2.45, 2.75) is 6.92 Å². The van der Waals surface area contributed by atoms with E-state index in [0.717, 1.165) is 5.69 Å². The number of anilines is 1. The molecule has 0 unspecified atom stereocenters. The van der Waals surface area contributed by atoms with E-state index in [-0.39, 0.29) is 0 Å². The molecule has 0 spiro atoms. The Morgan fingerprint density at radius 1 is 1.16 bits per heavy atom. The number of hydrogen-bond acceptors (Lipinski definition) is 3. The van der Waals surface area contributed by atoms with E-state index < -0.39 is 11.8 Å². The fourth-order valence-electron chi connectivity index (χ4n) is 1.64. The van der Waals surface area contributed by atoms with Crippen molar-refractivity contribution < 1.29 is 9.59 Å². The van der Waals surface area contributed by atoms with Gasteiger partial charge in [-0.05, 0) is 33.2 Å². The zero-order valence-corrected chi connectivity index (χ0v) is 11.7. The van der Waals surface area contributed by atoms with Crippen LogP contribution in [0, 0.1) is 0 Å².